The maximum atomic E-state index is 15.5. The molecule has 2 fully saturated rings. The highest BCUT2D eigenvalue weighted by Gasteiger charge is 2.40. The first kappa shape index (κ1) is 67.8. The van der Waals surface area contributed by atoms with Gasteiger partial charge in [-0.2, -0.15) is 0 Å². The zero-order chi connectivity index (χ0) is 68.8. The van der Waals surface area contributed by atoms with Gasteiger partial charge in [0.2, 0.25) is 59.1 Å². The summed E-state index contributed by atoms with van der Waals surface area (Å²) in [6.45, 7) is 1.31. The van der Waals surface area contributed by atoms with Crippen LogP contribution in [0.5, 0.6) is 5.75 Å². The molecule has 2 aliphatic rings. The molecule has 2 aliphatic heterocycles. The van der Waals surface area contributed by atoms with E-state index >= 15 is 14.4 Å². The van der Waals surface area contributed by atoms with E-state index in [0.29, 0.717) is 69.1 Å². The molecule has 0 saturated carbocycles. The summed E-state index contributed by atoms with van der Waals surface area (Å²) in [4.78, 5) is 169. The lowest BCUT2D eigenvalue weighted by Crippen LogP contribution is -2.62. The lowest BCUT2D eigenvalue weighted by molar-refractivity contribution is -0.141. The lowest BCUT2D eigenvalue weighted by Gasteiger charge is -2.30. The van der Waals surface area contributed by atoms with Gasteiger partial charge in [-0.15, -0.1) is 0 Å². The number of para-hydroxylation sites is 3. The summed E-state index contributed by atoms with van der Waals surface area (Å²) in [6, 6.07) is 15.8. The third-order valence-corrected chi connectivity index (χ3v) is 17.7. The van der Waals surface area contributed by atoms with Crippen LogP contribution < -0.4 is 47.9 Å². The Morgan fingerprint density at radius 3 is 1.37 bits per heavy atom. The number of nitrogens with one attached hydrogen (secondary N) is 14. The Balaban J connectivity index is 0.868. The summed E-state index contributed by atoms with van der Waals surface area (Å²) in [6.07, 6.45) is 11.0. The van der Waals surface area contributed by atoms with Crippen molar-refractivity contribution in [3.8, 4) is 5.75 Å². The van der Waals surface area contributed by atoms with Crippen molar-refractivity contribution in [2.75, 3.05) is 19.7 Å². The second kappa shape index (κ2) is 31.3. The number of aliphatic hydroxyl groups is 1. The number of phenolic OH excluding ortho intramolecular Hbond substituents is 1. The Bertz CT molecular complexity index is 4340. The SMILES string of the molecule is CCNC(=O)[C@@H]1CCCN1C(=O)[C@H](Cc1ccc(O)cc1)NC(=O)[C@H](Cc1c[nH]c2ccccc12)NC(=O)[C@@H](Cc1c[nH]c2ccccc12)NC(=O)[C@H](Cc1c[nH]cn1)NC(=O)[C@H](CO)NC(=O)[C@H](Cc1c[nH]c2ccccc12)NC(=O)[C@H](Cc1c[nH]cn1)NC(=O)[C@@H]1CCC(=O)N1. The van der Waals surface area contributed by atoms with Gasteiger partial charge in [0.05, 0.1) is 30.6 Å². The molecule has 29 nitrogen and oxygen atoms in total. The number of phenols is 1. The first-order valence-corrected chi connectivity index (χ1v) is 32.5. The third kappa shape index (κ3) is 16.5. The molecular formula is C69H77N17O12. The van der Waals surface area contributed by atoms with Crippen LogP contribution in [-0.2, 0) is 86.5 Å². The number of nitrogens with zero attached hydrogens (tertiary/aromatic N) is 3. The van der Waals surface area contributed by atoms with Crippen molar-refractivity contribution in [2.45, 2.75) is 126 Å². The number of rotatable bonds is 30. The van der Waals surface area contributed by atoms with Crippen LogP contribution in [0.25, 0.3) is 32.7 Å². The summed E-state index contributed by atoms with van der Waals surface area (Å²) in [5, 5.41) is 48.0. The maximum Gasteiger partial charge on any atom is 0.246 e. The number of likely N-dealkylation sites (N-methyl/N-ethyl adjacent to an activating group) is 1. The molecule has 0 unspecified atom stereocenters. The fraction of sp³-hybridized carbons (Fsp3) is 0.333. The van der Waals surface area contributed by atoms with E-state index in [1.165, 1.54) is 42.1 Å². The smallest absolute Gasteiger partial charge is 0.246 e. The Hall–Kier alpha value is -11.6. The molecule has 0 spiro atoms. The molecule has 510 valence electrons. The number of carbonyl (C=O) groups excluding carboxylic acids is 10. The van der Waals surface area contributed by atoms with Gasteiger partial charge in [0, 0.05) is 122 Å². The van der Waals surface area contributed by atoms with Gasteiger partial charge in [-0.3, -0.25) is 47.9 Å². The monoisotopic (exact) mass is 1340 g/mol. The number of likely N-dealkylation sites (tertiary alicyclic amines) is 1. The van der Waals surface area contributed by atoms with E-state index in [1.54, 1.807) is 49.8 Å². The van der Waals surface area contributed by atoms with Crippen LogP contribution in [0.1, 0.15) is 66.2 Å². The van der Waals surface area contributed by atoms with Crippen molar-refractivity contribution in [3.05, 3.63) is 174 Å². The van der Waals surface area contributed by atoms with Crippen LogP contribution >= 0.6 is 0 Å². The van der Waals surface area contributed by atoms with Gasteiger partial charge in [-0.05, 0) is 78.8 Å². The second-order valence-electron chi connectivity index (χ2n) is 24.4. The average molecular weight is 1340 g/mol. The number of aliphatic hydroxyl groups excluding tert-OH is 1. The van der Waals surface area contributed by atoms with Crippen molar-refractivity contribution in [3.63, 3.8) is 0 Å². The largest absolute Gasteiger partial charge is 0.508 e. The number of hydrogen-bond donors (Lipinski definition) is 16. The van der Waals surface area contributed by atoms with E-state index in [1.807, 2.05) is 60.7 Å². The first-order chi connectivity index (χ1) is 47.5. The fourth-order valence-electron chi connectivity index (χ4n) is 12.6. The number of hydrogen-bond acceptors (Lipinski definition) is 14. The van der Waals surface area contributed by atoms with Gasteiger partial charge in [0.25, 0.3) is 0 Å². The Kier molecular flexibility index (Phi) is 21.6. The number of aromatic amines is 5. The molecule has 11 rings (SSSR count). The Morgan fingerprint density at radius 2 is 0.939 bits per heavy atom. The molecule has 0 radical (unpaired) electrons. The van der Waals surface area contributed by atoms with Crippen molar-refractivity contribution in [1.82, 2.24) is 87.6 Å². The number of benzene rings is 4. The van der Waals surface area contributed by atoms with Crippen LogP contribution in [-0.4, -0.2) is 183 Å². The Labute approximate surface area is 560 Å². The van der Waals surface area contributed by atoms with Crippen LogP contribution in [0.4, 0.5) is 0 Å². The molecule has 5 aromatic heterocycles. The van der Waals surface area contributed by atoms with Crippen LogP contribution in [0.3, 0.4) is 0 Å². The molecule has 98 heavy (non-hydrogen) atoms. The number of aromatic nitrogens is 7. The van der Waals surface area contributed by atoms with Gasteiger partial charge >= 0.3 is 0 Å². The first-order valence-electron chi connectivity index (χ1n) is 32.5. The molecular weight excluding hydrogens is 1260 g/mol. The number of fused-ring (bicyclic) bond motifs is 3. The molecule has 9 aromatic rings. The molecule has 29 heteroatoms. The molecule has 0 bridgehead atoms. The molecule has 9 atom stereocenters. The number of imidazole rings is 2. The van der Waals surface area contributed by atoms with E-state index in [9.17, 15) is 43.8 Å². The number of aromatic hydroxyl groups is 1. The van der Waals surface area contributed by atoms with Crippen LogP contribution in [0, 0.1) is 0 Å². The highest BCUT2D eigenvalue weighted by Crippen LogP contribution is 2.25. The van der Waals surface area contributed by atoms with Gasteiger partial charge in [-0.1, -0.05) is 66.7 Å². The molecule has 0 aliphatic carbocycles. The number of amides is 10. The van der Waals surface area contributed by atoms with Crippen molar-refractivity contribution < 1.29 is 58.2 Å². The summed E-state index contributed by atoms with van der Waals surface area (Å²) < 4.78 is 0. The van der Waals surface area contributed by atoms with Crippen molar-refractivity contribution in [2.24, 2.45) is 0 Å². The molecule has 7 heterocycles. The standard InChI is InChI=1S/C69H77N17O12/c1-2-72-68(97)59-16-9-23-86(59)69(98)57(24-38-17-19-44(88)20-18-38)84-63(92)53(26-40-31-74-49-14-7-4-11-46(40)49)79-62(91)52(25-39-30-73-48-13-6-3-10-45(39)48)80-66(95)56(29-43-34-71-37-77-43)83-67(96)58(35-87)85-64(93)54(27-41-32-75-50-15-8-5-12-47(41)50)81-65(94)55(28-42-33-70-36-76-42)82-61(90)51-21-22-60(89)78-51/h3-8,10-15,17-20,30-34,36-37,51-59,73-75,87-88H,2,9,16,21-29,35H2,1H3,(H,70,76)(H,71,77)(H,72,97)(H,78,89)(H,79,91)(H,80,95)(H,81,94)(H,82,90)(H,83,96)(H,84,92)(H,85,93)/t51-,52+,53-,54-,55-,56-,57-,58-,59-/m0/s1. The van der Waals surface area contributed by atoms with Crippen LogP contribution in [0.2, 0.25) is 0 Å². The number of H-pyrrole nitrogens is 5. The summed E-state index contributed by atoms with van der Waals surface area (Å²) in [7, 11) is 0. The number of carbonyl (C=O) groups is 10. The van der Waals surface area contributed by atoms with E-state index in [4.69, 9.17) is 0 Å². The zero-order valence-electron chi connectivity index (χ0n) is 53.5. The topological polar surface area (TPSA) is 427 Å². The average Bonchev–Trinajstić information content (AvgIpc) is 1.83. The van der Waals surface area contributed by atoms with E-state index in [2.05, 4.69) is 82.7 Å². The summed E-state index contributed by atoms with van der Waals surface area (Å²) in [5.41, 5.74) is 5.16. The lowest BCUT2D eigenvalue weighted by atomic mass is 9.99. The van der Waals surface area contributed by atoms with Gasteiger partial charge in [-0.25, -0.2) is 9.97 Å². The maximum absolute atomic E-state index is 15.5. The van der Waals surface area contributed by atoms with Crippen molar-refractivity contribution >= 4 is 91.8 Å². The minimum absolute atomic E-state index is 0.0247. The van der Waals surface area contributed by atoms with E-state index in [0.717, 1.165) is 10.9 Å². The van der Waals surface area contributed by atoms with Crippen LogP contribution in [0.15, 0.2) is 141 Å². The van der Waals surface area contributed by atoms with Gasteiger partial charge in [0.15, 0.2) is 0 Å². The quantitative estimate of drug-likeness (QED) is 0.0297. The van der Waals surface area contributed by atoms with Gasteiger partial charge < -0.3 is 87.9 Å². The van der Waals surface area contributed by atoms with Crippen molar-refractivity contribution in [1.29, 1.82) is 0 Å². The fourth-order valence-corrected chi connectivity index (χ4v) is 12.6. The van der Waals surface area contributed by atoms with Gasteiger partial charge in [0.1, 0.15) is 60.1 Å². The third-order valence-electron chi connectivity index (χ3n) is 17.7. The minimum atomic E-state index is -1.78. The van der Waals surface area contributed by atoms with E-state index in [-0.39, 0.29) is 81.2 Å². The highest BCUT2D eigenvalue weighted by atomic mass is 16.3. The molecule has 10 amide bonds. The minimum Gasteiger partial charge on any atom is -0.508 e. The Morgan fingerprint density at radius 1 is 0.510 bits per heavy atom. The summed E-state index contributed by atoms with van der Waals surface area (Å²) >= 11 is 0. The normalized spacial score (nSPS) is 16.6. The predicted octanol–water partition coefficient (Wildman–Crippen LogP) is 0.830. The summed E-state index contributed by atoms with van der Waals surface area (Å²) in [5.74, 6) is -7.28. The molecule has 4 aromatic carbocycles. The predicted molar refractivity (Wildman–Crippen MR) is 358 cm³/mol. The second-order valence-corrected chi connectivity index (χ2v) is 24.4. The van der Waals surface area contributed by atoms with E-state index < -0.39 is 108 Å². The highest BCUT2D eigenvalue weighted by molar-refractivity contribution is 6.00. The zero-order valence-corrected chi connectivity index (χ0v) is 53.5. The molecule has 2 saturated heterocycles. The molecule has 16 N–H and O–H groups in total.